The van der Waals surface area contributed by atoms with Gasteiger partial charge >= 0.3 is 6.09 Å². The Labute approximate surface area is 128 Å². The van der Waals surface area contributed by atoms with Gasteiger partial charge in [-0.15, -0.1) is 0 Å². The normalized spacial score (nSPS) is 17.3. The highest BCUT2D eigenvalue weighted by Gasteiger charge is 2.43. The molecule has 1 N–H and O–H groups in total. The third-order valence-electron chi connectivity index (χ3n) is 3.24. The maximum absolute atomic E-state index is 12.0. The lowest BCUT2D eigenvalue weighted by Crippen LogP contribution is -2.52. The summed E-state index contributed by atoms with van der Waals surface area (Å²) < 4.78 is 6.38. The van der Waals surface area contributed by atoms with Crippen molar-refractivity contribution in [3.63, 3.8) is 0 Å². The van der Waals surface area contributed by atoms with Crippen molar-refractivity contribution < 1.29 is 9.53 Å². The smallest absolute Gasteiger partial charge is 0.408 e. The lowest BCUT2D eigenvalue weighted by molar-refractivity contribution is 0.0421. The van der Waals surface area contributed by atoms with Crippen molar-refractivity contribution >= 4 is 22.0 Å². The fourth-order valence-corrected chi connectivity index (χ4v) is 2.70. The highest BCUT2D eigenvalue weighted by Crippen LogP contribution is 2.44. The summed E-state index contributed by atoms with van der Waals surface area (Å²) >= 11 is 3.43. The second-order valence-electron chi connectivity index (χ2n) is 6.32. The number of carbonyl (C=O) groups excluding carboxylic acids is 1. The molecule has 0 bridgehead atoms. The Kier molecular flexibility index (Phi) is 3.96. The van der Waals surface area contributed by atoms with Crippen LogP contribution in [0, 0.1) is 0 Å². The van der Waals surface area contributed by atoms with Gasteiger partial charge in [-0.3, -0.25) is 0 Å². The van der Waals surface area contributed by atoms with Crippen LogP contribution < -0.4 is 5.32 Å². The highest BCUT2D eigenvalue weighted by molar-refractivity contribution is 9.10. The lowest BCUT2D eigenvalue weighted by Gasteiger charge is -2.44. The van der Waals surface area contributed by atoms with E-state index in [4.69, 9.17) is 4.74 Å². The first-order valence-corrected chi connectivity index (χ1v) is 7.43. The van der Waals surface area contributed by atoms with E-state index >= 15 is 0 Å². The molecule has 4 heteroatoms. The van der Waals surface area contributed by atoms with Crippen LogP contribution in [0.25, 0.3) is 0 Å². The van der Waals surface area contributed by atoms with Crippen molar-refractivity contribution in [3.8, 4) is 0 Å². The van der Waals surface area contributed by atoms with Gasteiger partial charge in [-0.25, -0.2) is 4.79 Å². The minimum absolute atomic E-state index is 0.375. The minimum Gasteiger partial charge on any atom is -0.444 e. The summed E-state index contributed by atoms with van der Waals surface area (Å²) in [4.78, 5) is 12.0. The number of hydrogen-bond donors (Lipinski definition) is 1. The Bertz CT molecular complexity index is 520. The fraction of sp³-hybridized carbons (Fsp3) is 0.438. The maximum Gasteiger partial charge on any atom is 0.408 e. The zero-order valence-electron chi connectivity index (χ0n) is 12.1. The van der Waals surface area contributed by atoms with Gasteiger partial charge in [0.05, 0.1) is 5.54 Å². The van der Waals surface area contributed by atoms with E-state index in [1.807, 2.05) is 45.0 Å². The number of amides is 1. The van der Waals surface area contributed by atoms with Crippen LogP contribution in [0.3, 0.4) is 0 Å². The molecule has 20 heavy (non-hydrogen) atoms. The average Bonchev–Trinajstić information content (AvgIpc) is 2.24. The van der Waals surface area contributed by atoms with Crippen LogP contribution in [0.15, 0.2) is 40.9 Å². The van der Waals surface area contributed by atoms with Gasteiger partial charge in [-0.2, -0.15) is 0 Å². The van der Waals surface area contributed by atoms with Crippen LogP contribution in [0.5, 0.6) is 0 Å². The molecule has 2 rings (SSSR count). The molecule has 0 atom stereocenters. The molecule has 1 saturated carbocycles. The number of nitrogens with one attached hydrogen (secondary N) is 1. The molecule has 1 aromatic carbocycles. The highest BCUT2D eigenvalue weighted by atomic mass is 79.9. The Morgan fingerprint density at radius 3 is 2.30 bits per heavy atom. The van der Waals surface area contributed by atoms with Crippen LogP contribution in [-0.4, -0.2) is 11.7 Å². The van der Waals surface area contributed by atoms with Crippen LogP contribution in [-0.2, 0) is 10.3 Å². The maximum atomic E-state index is 12.0. The number of alkyl carbamates (subject to hydrolysis) is 1. The first-order valence-electron chi connectivity index (χ1n) is 6.64. The Hall–Kier alpha value is -1.29. The molecule has 0 radical (unpaired) electrons. The minimum atomic E-state index is -0.494. The summed E-state index contributed by atoms with van der Waals surface area (Å²) in [7, 11) is 0. The van der Waals surface area contributed by atoms with Gasteiger partial charge in [0.2, 0.25) is 0 Å². The molecule has 1 aromatic rings. The second-order valence-corrected chi connectivity index (χ2v) is 7.24. The quantitative estimate of drug-likeness (QED) is 0.805. The first-order chi connectivity index (χ1) is 9.20. The van der Waals surface area contributed by atoms with Gasteiger partial charge in [-0.1, -0.05) is 40.2 Å². The summed E-state index contributed by atoms with van der Waals surface area (Å²) in [5, 5.41) is 3.02. The fourth-order valence-electron chi connectivity index (χ4n) is 2.43. The topological polar surface area (TPSA) is 38.3 Å². The molecule has 0 heterocycles. The number of carbonyl (C=O) groups is 1. The van der Waals surface area contributed by atoms with E-state index in [1.54, 1.807) is 0 Å². The van der Waals surface area contributed by atoms with Crippen molar-refractivity contribution in [1.29, 1.82) is 0 Å². The average molecular weight is 338 g/mol. The van der Waals surface area contributed by atoms with Crippen LogP contribution in [0.1, 0.15) is 39.2 Å². The summed E-state index contributed by atoms with van der Waals surface area (Å²) in [6.45, 7) is 9.56. The summed E-state index contributed by atoms with van der Waals surface area (Å²) in [6.07, 6.45) is 1.13. The van der Waals surface area contributed by atoms with E-state index in [0.717, 1.165) is 28.5 Å². The predicted molar refractivity (Wildman–Crippen MR) is 83.6 cm³/mol. The van der Waals surface area contributed by atoms with E-state index in [9.17, 15) is 4.79 Å². The number of benzene rings is 1. The molecule has 0 unspecified atom stereocenters. The van der Waals surface area contributed by atoms with Crippen molar-refractivity contribution in [2.75, 3.05) is 0 Å². The number of halogens is 1. The third-order valence-corrected chi connectivity index (χ3v) is 3.77. The monoisotopic (exact) mass is 337 g/mol. The summed E-state index contributed by atoms with van der Waals surface area (Å²) in [5.74, 6) is 0. The molecule has 1 aliphatic rings. The molecule has 1 fully saturated rings. The Morgan fingerprint density at radius 2 is 1.85 bits per heavy atom. The summed E-state index contributed by atoms with van der Waals surface area (Å²) in [5.41, 5.74) is 1.36. The molecule has 0 saturated heterocycles. The van der Waals surface area contributed by atoms with Crippen LogP contribution >= 0.6 is 15.9 Å². The largest absolute Gasteiger partial charge is 0.444 e. The van der Waals surface area contributed by atoms with Gasteiger partial charge in [0.1, 0.15) is 5.60 Å². The van der Waals surface area contributed by atoms with Gasteiger partial charge in [0, 0.05) is 4.47 Å². The number of rotatable bonds is 2. The molecule has 1 amide bonds. The molecule has 0 aliphatic heterocycles. The van der Waals surface area contributed by atoms with Crippen molar-refractivity contribution in [2.45, 2.75) is 44.8 Å². The van der Waals surface area contributed by atoms with E-state index in [0.29, 0.717) is 0 Å². The van der Waals surface area contributed by atoms with E-state index in [-0.39, 0.29) is 11.6 Å². The van der Waals surface area contributed by atoms with Gasteiger partial charge in [0.15, 0.2) is 0 Å². The molecular formula is C16H20BrNO2. The molecule has 108 valence electrons. The van der Waals surface area contributed by atoms with E-state index < -0.39 is 5.60 Å². The molecule has 0 aromatic heterocycles. The van der Waals surface area contributed by atoms with Gasteiger partial charge in [0.25, 0.3) is 0 Å². The molecular weight excluding hydrogens is 318 g/mol. The molecule has 0 spiro atoms. The van der Waals surface area contributed by atoms with Crippen molar-refractivity contribution in [2.24, 2.45) is 0 Å². The van der Waals surface area contributed by atoms with Crippen molar-refractivity contribution in [3.05, 3.63) is 46.5 Å². The van der Waals surface area contributed by atoms with Crippen LogP contribution in [0.4, 0.5) is 4.79 Å². The zero-order valence-corrected chi connectivity index (χ0v) is 13.7. The number of ether oxygens (including phenoxy) is 1. The lowest BCUT2D eigenvalue weighted by atomic mass is 9.69. The van der Waals surface area contributed by atoms with Gasteiger partial charge in [-0.05, 0) is 51.3 Å². The zero-order chi connectivity index (χ0) is 15.0. The van der Waals surface area contributed by atoms with Crippen molar-refractivity contribution in [1.82, 2.24) is 5.32 Å². The first kappa shape index (κ1) is 15.1. The Morgan fingerprint density at radius 1 is 1.30 bits per heavy atom. The van der Waals surface area contributed by atoms with E-state index in [2.05, 4.69) is 27.8 Å². The summed E-state index contributed by atoms with van der Waals surface area (Å²) in [6, 6.07) is 8.01. The Balaban J connectivity index is 2.17. The van der Waals surface area contributed by atoms with Gasteiger partial charge < -0.3 is 10.1 Å². The standard InChI is InChI=1S/C16H20BrNO2/c1-11-9-16(10-11,12-5-7-13(17)8-6-12)18-14(19)20-15(2,3)4/h5-8H,1,9-10H2,2-4H3,(H,18,19). The third kappa shape index (κ3) is 3.42. The molecule has 1 aliphatic carbocycles. The predicted octanol–water partition coefficient (Wildman–Crippen LogP) is 4.52. The second kappa shape index (κ2) is 5.24. The number of hydrogen-bond acceptors (Lipinski definition) is 2. The molecule has 3 nitrogen and oxygen atoms in total. The van der Waals surface area contributed by atoms with Crippen LogP contribution in [0.2, 0.25) is 0 Å². The van der Waals surface area contributed by atoms with E-state index in [1.165, 1.54) is 0 Å². The SMILES string of the molecule is C=C1CC(NC(=O)OC(C)(C)C)(c2ccc(Br)cc2)C1.